The summed E-state index contributed by atoms with van der Waals surface area (Å²) in [5.41, 5.74) is 2.13. The number of nitrogens with zero attached hydrogens (tertiary/aromatic N) is 1. The van der Waals surface area contributed by atoms with E-state index in [1.54, 1.807) is 19.3 Å². The van der Waals surface area contributed by atoms with Crippen molar-refractivity contribution in [2.45, 2.75) is 0 Å². The van der Waals surface area contributed by atoms with Crippen LogP contribution in [0.4, 0.5) is 0 Å². The van der Waals surface area contributed by atoms with Crippen molar-refractivity contribution in [1.29, 1.82) is 0 Å². The molecule has 0 N–H and O–H groups in total. The number of benzene rings is 2. The number of halogens is 1. The molecule has 2 aromatic carbocycles. The predicted molar refractivity (Wildman–Crippen MR) is 97.7 cm³/mol. The van der Waals surface area contributed by atoms with Gasteiger partial charge < -0.3 is 9.47 Å². The van der Waals surface area contributed by atoms with Crippen LogP contribution in [-0.4, -0.2) is 19.0 Å². The Morgan fingerprint density at radius 1 is 1.00 bits per heavy atom. The average Bonchev–Trinajstić information content (AvgIpc) is 2.95. The molecule has 1 heterocycles. The summed E-state index contributed by atoms with van der Waals surface area (Å²) >= 11 is 3.37. The third-order valence-electron chi connectivity index (χ3n) is 3.34. The Balaban J connectivity index is 1.75. The first kappa shape index (κ1) is 16.2. The summed E-state index contributed by atoms with van der Waals surface area (Å²) in [6.07, 6.45) is 5.19. The molecule has 0 spiro atoms. The number of rotatable bonds is 4. The van der Waals surface area contributed by atoms with E-state index < -0.39 is 5.97 Å². The standard InChI is InChI=1S/C19H14BrNO3/c1-23-16-9-4-13(5-10-16)6-11-18-21-17(19(22)24-18)12-14-2-7-15(20)8-3-14/h2-12H,1H3. The van der Waals surface area contributed by atoms with E-state index in [4.69, 9.17) is 9.47 Å². The van der Waals surface area contributed by atoms with Gasteiger partial charge in [0.2, 0.25) is 5.90 Å². The van der Waals surface area contributed by atoms with E-state index in [1.165, 1.54) is 0 Å². The van der Waals surface area contributed by atoms with Gasteiger partial charge >= 0.3 is 5.97 Å². The van der Waals surface area contributed by atoms with Crippen LogP contribution in [0.25, 0.3) is 12.2 Å². The summed E-state index contributed by atoms with van der Waals surface area (Å²) < 4.78 is 11.2. The van der Waals surface area contributed by atoms with Gasteiger partial charge in [-0.1, -0.05) is 40.2 Å². The molecule has 0 aromatic heterocycles. The molecule has 0 atom stereocenters. The van der Waals surface area contributed by atoms with E-state index >= 15 is 0 Å². The fraction of sp³-hybridized carbons (Fsp3) is 0.0526. The number of carbonyl (C=O) groups is 1. The van der Waals surface area contributed by atoms with Gasteiger partial charge in [-0.05, 0) is 47.5 Å². The lowest BCUT2D eigenvalue weighted by atomic mass is 10.2. The minimum atomic E-state index is -0.452. The van der Waals surface area contributed by atoms with Gasteiger partial charge in [-0.15, -0.1) is 0 Å². The second kappa shape index (κ2) is 7.27. The van der Waals surface area contributed by atoms with Crippen molar-refractivity contribution in [2.24, 2.45) is 4.99 Å². The van der Waals surface area contributed by atoms with Crippen molar-refractivity contribution in [3.63, 3.8) is 0 Å². The van der Waals surface area contributed by atoms with E-state index in [1.807, 2.05) is 54.6 Å². The van der Waals surface area contributed by atoms with Gasteiger partial charge in [-0.2, -0.15) is 0 Å². The molecule has 2 aromatic rings. The van der Waals surface area contributed by atoms with Crippen LogP contribution in [0.5, 0.6) is 5.75 Å². The first-order chi connectivity index (χ1) is 11.6. The number of carbonyl (C=O) groups excluding carboxylic acids is 1. The summed E-state index contributed by atoms with van der Waals surface area (Å²) in [7, 11) is 1.62. The molecule has 0 aliphatic carbocycles. The quantitative estimate of drug-likeness (QED) is 0.578. The molecular formula is C19H14BrNO3. The molecule has 5 heteroatoms. The second-order valence-electron chi connectivity index (χ2n) is 5.03. The fourth-order valence-corrected chi connectivity index (χ4v) is 2.36. The van der Waals surface area contributed by atoms with Crippen LogP contribution in [0.1, 0.15) is 11.1 Å². The molecule has 0 saturated heterocycles. The third-order valence-corrected chi connectivity index (χ3v) is 3.87. The second-order valence-corrected chi connectivity index (χ2v) is 5.94. The Morgan fingerprint density at radius 2 is 1.67 bits per heavy atom. The molecule has 4 nitrogen and oxygen atoms in total. The number of aliphatic imine (C=N–C) groups is 1. The largest absolute Gasteiger partial charge is 0.497 e. The minimum Gasteiger partial charge on any atom is -0.497 e. The normalized spacial score (nSPS) is 15.7. The van der Waals surface area contributed by atoms with Gasteiger partial charge in [0.1, 0.15) is 5.75 Å². The Kier molecular flexibility index (Phi) is 4.91. The summed E-state index contributed by atoms with van der Waals surface area (Å²) in [5, 5.41) is 0. The molecule has 0 bridgehead atoms. The highest BCUT2D eigenvalue weighted by molar-refractivity contribution is 9.10. The van der Waals surface area contributed by atoms with Crippen LogP contribution in [0.15, 0.2) is 69.8 Å². The molecule has 0 amide bonds. The molecule has 0 radical (unpaired) electrons. The van der Waals surface area contributed by atoms with Gasteiger partial charge in [-0.25, -0.2) is 9.79 Å². The zero-order valence-corrected chi connectivity index (χ0v) is 14.5. The Labute approximate surface area is 148 Å². The third kappa shape index (κ3) is 4.00. The van der Waals surface area contributed by atoms with Crippen molar-refractivity contribution >= 4 is 39.9 Å². The number of methoxy groups -OCH3 is 1. The van der Waals surface area contributed by atoms with E-state index in [9.17, 15) is 4.79 Å². The lowest BCUT2D eigenvalue weighted by Crippen LogP contribution is -2.01. The first-order valence-corrected chi connectivity index (χ1v) is 8.03. The summed E-state index contributed by atoms with van der Waals surface area (Å²) in [4.78, 5) is 16.1. The molecule has 24 heavy (non-hydrogen) atoms. The number of hydrogen-bond donors (Lipinski definition) is 0. The maximum Gasteiger partial charge on any atom is 0.363 e. The molecule has 120 valence electrons. The zero-order chi connectivity index (χ0) is 16.9. The fourth-order valence-electron chi connectivity index (χ4n) is 2.10. The Hall–Kier alpha value is -2.66. The van der Waals surface area contributed by atoms with Crippen LogP contribution in [0, 0.1) is 0 Å². The number of ether oxygens (including phenoxy) is 2. The molecule has 1 aliphatic heterocycles. The average molecular weight is 384 g/mol. The molecule has 0 unspecified atom stereocenters. The van der Waals surface area contributed by atoms with Crippen LogP contribution < -0.4 is 4.74 Å². The maximum absolute atomic E-state index is 11.9. The smallest absolute Gasteiger partial charge is 0.363 e. The summed E-state index contributed by atoms with van der Waals surface area (Å²) in [6, 6.07) is 15.1. The van der Waals surface area contributed by atoms with Crippen LogP contribution in [0.2, 0.25) is 0 Å². The summed E-state index contributed by atoms with van der Waals surface area (Å²) in [5.74, 6) is 0.614. The minimum absolute atomic E-state index is 0.277. The van der Waals surface area contributed by atoms with E-state index in [0.29, 0.717) is 0 Å². The SMILES string of the molecule is COc1ccc(C=CC2=NC(=Cc3ccc(Br)cc3)C(=O)O2)cc1. The zero-order valence-electron chi connectivity index (χ0n) is 12.9. The number of cyclic esters (lactones) is 1. The predicted octanol–water partition coefficient (Wildman–Crippen LogP) is 4.47. The van der Waals surface area contributed by atoms with Crippen LogP contribution >= 0.6 is 15.9 Å². The Bertz CT molecular complexity index is 834. The molecule has 0 saturated carbocycles. The maximum atomic E-state index is 11.9. The van der Waals surface area contributed by atoms with E-state index in [0.717, 1.165) is 21.3 Å². The van der Waals surface area contributed by atoms with Gasteiger partial charge in [0, 0.05) is 10.5 Å². The van der Waals surface area contributed by atoms with Gasteiger partial charge in [-0.3, -0.25) is 0 Å². The Morgan fingerprint density at radius 3 is 2.33 bits per heavy atom. The highest BCUT2D eigenvalue weighted by Crippen LogP contribution is 2.19. The van der Waals surface area contributed by atoms with Gasteiger partial charge in [0.15, 0.2) is 5.70 Å². The van der Waals surface area contributed by atoms with Crippen molar-refractivity contribution in [3.05, 3.63) is 75.9 Å². The molecule has 1 aliphatic rings. The van der Waals surface area contributed by atoms with Crippen LogP contribution in [0.3, 0.4) is 0 Å². The van der Waals surface area contributed by atoms with Crippen LogP contribution in [-0.2, 0) is 9.53 Å². The number of esters is 1. The molecule has 0 fully saturated rings. The van der Waals surface area contributed by atoms with E-state index in [-0.39, 0.29) is 11.6 Å². The topological polar surface area (TPSA) is 47.9 Å². The van der Waals surface area contributed by atoms with Gasteiger partial charge in [0.05, 0.1) is 7.11 Å². The monoisotopic (exact) mass is 383 g/mol. The highest BCUT2D eigenvalue weighted by atomic mass is 79.9. The van der Waals surface area contributed by atoms with Crippen molar-refractivity contribution < 1.29 is 14.3 Å². The van der Waals surface area contributed by atoms with E-state index in [2.05, 4.69) is 20.9 Å². The number of hydrogen-bond acceptors (Lipinski definition) is 4. The highest BCUT2D eigenvalue weighted by Gasteiger charge is 2.20. The first-order valence-electron chi connectivity index (χ1n) is 7.24. The molecular weight excluding hydrogens is 370 g/mol. The molecule has 3 rings (SSSR count). The van der Waals surface area contributed by atoms with Crippen molar-refractivity contribution in [1.82, 2.24) is 0 Å². The van der Waals surface area contributed by atoms with Gasteiger partial charge in [0.25, 0.3) is 0 Å². The lowest BCUT2D eigenvalue weighted by molar-refractivity contribution is -0.129. The summed E-state index contributed by atoms with van der Waals surface area (Å²) in [6.45, 7) is 0. The van der Waals surface area contributed by atoms with Crippen molar-refractivity contribution in [2.75, 3.05) is 7.11 Å². The lowest BCUT2D eigenvalue weighted by Gasteiger charge is -1.98. The van der Waals surface area contributed by atoms with Crippen molar-refractivity contribution in [3.8, 4) is 5.75 Å².